The SMILES string of the molecule is CCC(CC)C(C)NCc1ncnn1C. The van der Waals surface area contributed by atoms with Crippen molar-refractivity contribution in [3.05, 3.63) is 12.2 Å². The fraction of sp³-hybridized carbons (Fsp3) is 0.818. The molecule has 15 heavy (non-hydrogen) atoms. The molecule has 1 atom stereocenters. The molecule has 0 bridgehead atoms. The minimum absolute atomic E-state index is 0.539. The van der Waals surface area contributed by atoms with Crippen LogP contribution < -0.4 is 5.32 Å². The van der Waals surface area contributed by atoms with Gasteiger partial charge in [-0.05, 0) is 12.8 Å². The van der Waals surface area contributed by atoms with E-state index in [2.05, 4.69) is 36.2 Å². The summed E-state index contributed by atoms with van der Waals surface area (Å²) in [6.07, 6.45) is 4.05. The molecule has 0 spiro atoms. The van der Waals surface area contributed by atoms with Gasteiger partial charge < -0.3 is 5.32 Å². The van der Waals surface area contributed by atoms with Crippen LogP contribution in [0.25, 0.3) is 0 Å². The van der Waals surface area contributed by atoms with Gasteiger partial charge >= 0.3 is 0 Å². The zero-order valence-electron chi connectivity index (χ0n) is 10.2. The Morgan fingerprint density at radius 2 is 2.07 bits per heavy atom. The summed E-state index contributed by atoms with van der Waals surface area (Å²) in [5, 5.41) is 7.55. The molecule has 1 N–H and O–H groups in total. The molecule has 1 heterocycles. The van der Waals surface area contributed by atoms with Crippen LogP contribution >= 0.6 is 0 Å². The highest BCUT2D eigenvalue weighted by Crippen LogP contribution is 2.12. The minimum atomic E-state index is 0.539. The maximum atomic E-state index is 4.19. The highest BCUT2D eigenvalue weighted by Gasteiger charge is 2.13. The van der Waals surface area contributed by atoms with E-state index in [1.807, 2.05) is 11.7 Å². The van der Waals surface area contributed by atoms with Crippen LogP contribution in [0.4, 0.5) is 0 Å². The van der Waals surface area contributed by atoms with Crippen molar-refractivity contribution in [1.29, 1.82) is 0 Å². The van der Waals surface area contributed by atoms with Crippen molar-refractivity contribution in [3.63, 3.8) is 0 Å². The number of hydrogen-bond acceptors (Lipinski definition) is 3. The Morgan fingerprint density at radius 3 is 2.53 bits per heavy atom. The van der Waals surface area contributed by atoms with Crippen molar-refractivity contribution in [3.8, 4) is 0 Å². The Kier molecular flexibility index (Phi) is 4.75. The lowest BCUT2D eigenvalue weighted by molar-refractivity contribution is 0.348. The summed E-state index contributed by atoms with van der Waals surface area (Å²) in [4.78, 5) is 4.19. The number of nitrogens with one attached hydrogen (secondary N) is 1. The molecule has 86 valence electrons. The van der Waals surface area contributed by atoms with E-state index in [0.717, 1.165) is 18.3 Å². The van der Waals surface area contributed by atoms with Gasteiger partial charge in [0.1, 0.15) is 12.2 Å². The second-order valence-electron chi connectivity index (χ2n) is 4.05. The van der Waals surface area contributed by atoms with Gasteiger partial charge in [0.25, 0.3) is 0 Å². The molecule has 0 saturated carbocycles. The van der Waals surface area contributed by atoms with Crippen molar-refractivity contribution in [2.45, 2.75) is 46.2 Å². The average Bonchev–Trinajstić information content (AvgIpc) is 2.63. The first-order chi connectivity index (χ1) is 7.19. The Labute approximate surface area is 92.1 Å². The van der Waals surface area contributed by atoms with Crippen LogP contribution in [0, 0.1) is 5.92 Å². The molecule has 0 radical (unpaired) electrons. The van der Waals surface area contributed by atoms with E-state index in [0.29, 0.717) is 6.04 Å². The number of aryl methyl sites for hydroxylation is 1. The summed E-state index contributed by atoms with van der Waals surface area (Å²) >= 11 is 0. The molecular formula is C11H22N4. The molecule has 1 aromatic rings. The maximum Gasteiger partial charge on any atom is 0.140 e. The summed E-state index contributed by atoms with van der Waals surface area (Å²) in [6.45, 7) is 7.53. The second kappa shape index (κ2) is 5.85. The van der Waals surface area contributed by atoms with Crippen LogP contribution in [-0.2, 0) is 13.6 Å². The van der Waals surface area contributed by atoms with E-state index in [1.54, 1.807) is 6.33 Å². The number of hydrogen-bond donors (Lipinski definition) is 1. The van der Waals surface area contributed by atoms with Gasteiger partial charge in [-0.2, -0.15) is 5.10 Å². The molecule has 0 aromatic carbocycles. The van der Waals surface area contributed by atoms with Gasteiger partial charge in [-0.3, -0.25) is 4.68 Å². The maximum absolute atomic E-state index is 4.19. The Bertz CT molecular complexity index is 278. The van der Waals surface area contributed by atoms with Gasteiger partial charge in [0.2, 0.25) is 0 Å². The number of aromatic nitrogens is 3. The molecule has 0 fully saturated rings. The van der Waals surface area contributed by atoms with Gasteiger partial charge in [0, 0.05) is 13.1 Å². The van der Waals surface area contributed by atoms with Gasteiger partial charge in [0.05, 0.1) is 6.54 Å². The molecule has 4 heteroatoms. The van der Waals surface area contributed by atoms with Crippen molar-refractivity contribution in [2.75, 3.05) is 0 Å². The van der Waals surface area contributed by atoms with Crippen molar-refractivity contribution < 1.29 is 0 Å². The molecule has 4 nitrogen and oxygen atoms in total. The van der Waals surface area contributed by atoms with E-state index < -0.39 is 0 Å². The highest BCUT2D eigenvalue weighted by atomic mass is 15.3. The monoisotopic (exact) mass is 210 g/mol. The van der Waals surface area contributed by atoms with Crippen LogP contribution in [0.1, 0.15) is 39.4 Å². The normalized spacial score (nSPS) is 13.4. The summed E-state index contributed by atoms with van der Waals surface area (Å²) in [5.41, 5.74) is 0. The first-order valence-corrected chi connectivity index (χ1v) is 5.75. The third kappa shape index (κ3) is 3.30. The Balaban J connectivity index is 2.40. The fourth-order valence-electron chi connectivity index (χ4n) is 1.89. The second-order valence-corrected chi connectivity index (χ2v) is 4.05. The molecule has 0 aliphatic heterocycles. The Hall–Kier alpha value is -0.900. The fourth-order valence-corrected chi connectivity index (χ4v) is 1.89. The molecule has 1 rings (SSSR count). The lowest BCUT2D eigenvalue weighted by Gasteiger charge is -2.22. The van der Waals surface area contributed by atoms with Crippen molar-refractivity contribution >= 4 is 0 Å². The first-order valence-electron chi connectivity index (χ1n) is 5.75. The molecule has 0 amide bonds. The van der Waals surface area contributed by atoms with E-state index >= 15 is 0 Å². The van der Waals surface area contributed by atoms with Crippen molar-refractivity contribution in [1.82, 2.24) is 20.1 Å². The molecule has 1 aromatic heterocycles. The van der Waals surface area contributed by atoms with Gasteiger partial charge in [-0.1, -0.05) is 26.7 Å². The summed E-state index contributed by atoms with van der Waals surface area (Å²) < 4.78 is 1.81. The van der Waals surface area contributed by atoms with Gasteiger partial charge in [-0.15, -0.1) is 0 Å². The lowest BCUT2D eigenvalue weighted by atomic mass is 9.95. The van der Waals surface area contributed by atoms with Crippen LogP contribution in [0.5, 0.6) is 0 Å². The summed E-state index contributed by atoms with van der Waals surface area (Å²) in [7, 11) is 1.92. The Morgan fingerprint density at radius 1 is 1.40 bits per heavy atom. The van der Waals surface area contributed by atoms with E-state index in [4.69, 9.17) is 0 Å². The summed E-state index contributed by atoms with van der Waals surface area (Å²) in [5.74, 6) is 1.74. The topological polar surface area (TPSA) is 42.7 Å². The van der Waals surface area contributed by atoms with Crippen LogP contribution in [0.3, 0.4) is 0 Å². The number of nitrogens with zero attached hydrogens (tertiary/aromatic N) is 3. The average molecular weight is 210 g/mol. The highest BCUT2D eigenvalue weighted by molar-refractivity contribution is 4.84. The summed E-state index contributed by atoms with van der Waals surface area (Å²) in [6, 6.07) is 0.539. The van der Waals surface area contributed by atoms with Crippen LogP contribution in [0.2, 0.25) is 0 Å². The molecular weight excluding hydrogens is 188 g/mol. The zero-order chi connectivity index (χ0) is 11.3. The molecule has 1 unspecified atom stereocenters. The molecule has 0 aliphatic rings. The van der Waals surface area contributed by atoms with Crippen LogP contribution in [-0.4, -0.2) is 20.8 Å². The minimum Gasteiger partial charge on any atom is -0.307 e. The van der Waals surface area contributed by atoms with E-state index in [-0.39, 0.29) is 0 Å². The van der Waals surface area contributed by atoms with Crippen molar-refractivity contribution in [2.24, 2.45) is 13.0 Å². The van der Waals surface area contributed by atoms with E-state index in [1.165, 1.54) is 12.8 Å². The quantitative estimate of drug-likeness (QED) is 0.777. The molecule has 0 saturated heterocycles. The largest absolute Gasteiger partial charge is 0.307 e. The smallest absolute Gasteiger partial charge is 0.140 e. The number of rotatable bonds is 6. The van der Waals surface area contributed by atoms with Gasteiger partial charge in [-0.25, -0.2) is 4.98 Å². The van der Waals surface area contributed by atoms with E-state index in [9.17, 15) is 0 Å². The third-order valence-corrected chi connectivity index (χ3v) is 3.14. The predicted molar refractivity (Wildman–Crippen MR) is 61.4 cm³/mol. The first kappa shape index (κ1) is 12.2. The van der Waals surface area contributed by atoms with Gasteiger partial charge in [0.15, 0.2) is 0 Å². The zero-order valence-corrected chi connectivity index (χ0v) is 10.2. The predicted octanol–water partition coefficient (Wildman–Crippen LogP) is 1.73. The standard InChI is InChI=1S/C11H22N4/c1-5-10(6-2)9(3)12-7-11-13-8-14-15(11)4/h8-10,12H,5-7H2,1-4H3. The lowest BCUT2D eigenvalue weighted by Crippen LogP contribution is -2.33. The molecule has 0 aliphatic carbocycles. The van der Waals surface area contributed by atoms with Crippen LogP contribution in [0.15, 0.2) is 6.33 Å². The third-order valence-electron chi connectivity index (χ3n) is 3.14.